The molecule has 0 radical (unpaired) electrons. The molecule has 0 fully saturated rings. The summed E-state index contributed by atoms with van der Waals surface area (Å²) in [6.45, 7) is 7.71. The average Bonchev–Trinajstić information content (AvgIpc) is 2.56. The highest BCUT2D eigenvalue weighted by Gasteiger charge is 2.19. The van der Waals surface area contributed by atoms with Crippen molar-refractivity contribution >= 4 is 18.3 Å². The maximum absolute atomic E-state index is 12.1. The van der Waals surface area contributed by atoms with Gasteiger partial charge < -0.3 is 20.5 Å². The Bertz CT molecular complexity index is 497. The van der Waals surface area contributed by atoms with Crippen molar-refractivity contribution < 1.29 is 14.3 Å². The van der Waals surface area contributed by atoms with Gasteiger partial charge in [-0.3, -0.25) is 4.79 Å². The molecule has 2 unspecified atom stereocenters. The first-order valence-electron chi connectivity index (χ1n) is 8.24. The number of amides is 1. The average molecular weight is 359 g/mol. The quantitative estimate of drug-likeness (QED) is 0.631. The van der Waals surface area contributed by atoms with Crippen molar-refractivity contribution in [3.63, 3.8) is 0 Å². The fourth-order valence-electron chi connectivity index (χ4n) is 2.14. The molecule has 3 N–H and O–H groups in total. The number of halogens is 1. The third kappa shape index (κ3) is 7.51. The maximum Gasteiger partial charge on any atom is 0.237 e. The van der Waals surface area contributed by atoms with Crippen LogP contribution in [0, 0.1) is 12.8 Å². The Morgan fingerprint density at radius 3 is 2.67 bits per heavy atom. The maximum atomic E-state index is 12.1. The summed E-state index contributed by atoms with van der Waals surface area (Å²) < 4.78 is 10.8. The molecule has 2 atom stereocenters. The predicted octanol–water partition coefficient (Wildman–Crippen LogP) is 2.82. The Labute approximate surface area is 151 Å². The molecular weight excluding hydrogens is 328 g/mol. The van der Waals surface area contributed by atoms with Crippen LogP contribution in [0.2, 0.25) is 0 Å². The third-order valence-electron chi connectivity index (χ3n) is 3.99. The second-order valence-corrected chi connectivity index (χ2v) is 5.94. The van der Waals surface area contributed by atoms with Crippen LogP contribution in [0.15, 0.2) is 18.2 Å². The van der Waals surface area contributed by atoms with Crippen molar-refractivity contribution in [3.05, 3.63) is 29.3 Å². The molecular formula is C18H31ClN2O3. The van der Waals surface area contributed by atoms with Crippen LogP contribution in [0.5, 0.6) is 5.75 Å². The van der Waals surface area contributed by atoms with E-state index in [1.54, 1.807) is 7.11 Å². The summed E-state index contributed by atoms with van der Waals surface area (Å²) in [5.41, 5.74) is 8.03. The van der Waals surface area contributed by atoms with Gasteiger partial charge in [0.15, 0.2) is 0 Å². The van der Waals surface area contributed by atoms with Crippen molar-refractivity contribution in [1.82, 2.24) is 5.32 Å². The second-order valence-electron chi connectivity index (χ2n) is 5.94. The molecule has 1 amide bonds. The zero-order valence-corrected chi connectivity index (χ0v) is 15.9. The number of carbonyl (C=O) groups is 1. The molecule has 1 aromatic rings. The largest absolute Gasteiger partial charge is 0.493 e. The lowest BCUT2D eigenvalue weighted by atomic mass is 9.99. The van der Waals surface area contributed by atoms with Gasteiger partial charge in [0.05, 0.1) is 12.6 Å². The first-order valence-corrected chi connectivity index (χ1v) is 8.24. The van der Waals surface area contributed by atoms with Gasteiger partial charge in [0.2, 0.25) is 5.91 Å². The SMILES string of the molecule is CCC(C)C(N)C(=O)NCc1ccc(C)cc1OCCCOC.Cl. The van der Waals surface area contributed by atoms with Crippen LogP contribution in [0.4, 0.5) is 0 Å². The number of nitrogens with two attached hydrogens (primary N) is 1. The van der Waals surface area contributed by atoms with Crippen molar-refractivity contribution in [3.8, 4) is 5.75 Å². The third-order valence-corrected chi connectivity index (χ3v) is 3.99. The minimum Gasteiger partial charge on any atom is -0.493 e. The Balaban J connectivity index is 0.00000529. The lowest BCUT2D eigenvalue weighted by Gasteiger charge is -2.18. The van der Waals surface area contributed by atoms with E-state index in [1.807, 2.05) is 39.0 Å². The molecule has 1 aromatic carbocycles. The van der Waals surface area contributed by atoms with Crippen molar-refractivity contribution in [2.24, 2.45) is 11.7 Å². The fourth-order valence-corrected chi connectivity index (χ4v) is 2.14. The first kappa shape index (κ1) is 22.7. The Hall–Kier alpha value is -1.30. The van der Waals surface area contributed by atoms with E-state index in [-0.39, 0.29) is 24.2 Å². The zero-order chi connectivity index (χ0) is 17.2. The van der Waals surface area contributed by atoms with Crippen LogP contribution in [0.1, 0.15) is 37.8 Å². The van der Waals surface area contributed by atoms with Gasteiger partial charge in [-0.1, -0.05) is 32.4 Å². The molecule has 0 saturated heterocycles. The van der Waals surface area contributed by atoms with Crippen LogP contribution in [-0.2, 0) is 16.1 Å². The molecule has 24 heavy (non-hydrogen) atoms. The topological polar surface area (TPSA) is 73.6 Å². The number of nitrogens with one attached hydrogen (secondary N) is 1. The predicted molar refractivity (Wildman–Crippen MR) is 99.7 cm³/mol. The van der Waals surface area contributed by atoms with E-state index in [4.69, 9.17) is 15.2 Å². The Kier molecular flexibility index (Phi) is 11.5. The lowest BCUT2D eigenvalue weighted by Crippen LogP contribution is -2.44. The lowest BCUT2D eigenvalue weighted by molar-refractivity contribution is -0.123. The molecule has 6 heteroatoms. The molecule has 0 aliphatic rings. The van der Waals surface area contributed by atoms with Crippen LogP contribution < -0.4 is 15.8 Å². The molecule has 138 valence electrons. The standard InChI is InChI=1S/C18H30N2O3.ClH/c1-5-14(3)17(19)18(21)20-12-15-8-7-13(2)11-16(15)23-10-6-9-22-4;/h7-8,11,14,17H,5-6,9-10,12,19H2,1-4H3,(H,20,21);1H. The van der Waals surface area contributed by atoms with Gasteiger partial charge >= 0.3 is 0 Å². The Morgan fingerprint density at radius 1 is 1.33 bits per heavy atom. The highest BCUT2D eigenvalue weighted by Crippen LogP contribution is 2.20. The summed E-state index contributed by atoms with van der Waals surface area (Å²) >= 11 is 0. The van der Waals surface area contributed by atoms with E-state index in [9.17, 15) is 4.79 Å². The van der Waals surface area contributed by atoms with Crippen molar-refractivity contribution in [1.29, 1.82) is 0 Å². The van der Waals surface area contributed by atoms with Crippen LogP contribution in [-0.4, -0.2) is 32.3 Å². The Morgan fingerprint density at radius 2 is 2.04 bits per heavy atom. The number of hydrogen-bond donors (Lipinski definition) is 2. The number of methoxy groups -OCH3 is 1. The molecule has 0 aliphatic carbocycles. The molecule has 0 aromatic heterocycles. The zero-order valence-electron chi connectivity index (χ0n) is 15.1. The van der Waals surface area contributed by atoms with Gasteiger partial charge in [0.1, 0.15) is 5.75 Å². The van der Waals surface area contributed by atoms with Gasteiger partial charge in [-0.2, -0.15) is 0 Å². The minimum atomic E-state index is -0.475. The fraction of sp³-hybridized carbons (Fsp3) is 0.611. The van der Waals surface area contributed by atoms with E-state index < -0.39 is 6.04 Å². The van der Waals surface area contributed by atoms with Crippen molar-refractivity contribution in [2.75, 3.05) is 20.3 Å². The van der Waals surface area contributed by atoms with Gasteiger partial charge in [-0.05, 0) is 24.5 Å². The van der Waals surface area contributed by atoms with Crippen LogP contribution in [0.3, 0.4) is 0 Å². The van der Waals surface area contributed by atoms with E-state index in [0.717, 1.165) is 29.7 Å². The minimum absolute atomic E-state index is 0. The summed E-state index contributed by atoms with van der Waals surface area (Å²) in [6.07, 6.45) is 1.71. The normalized spacial score (nSPS) is 12.9. The van der Waals surface area contributed by atoms with Gasteiger partial charge in [0.25, 0.3) is 0 Å². The van der Waals surface area contributed by atoms with E-state index in [0.29, 0.717) is 19.8 Å². The molecule has 0 saturated carbocycles. The number of rotatable bonds is 10. The number of hydrogen-bond acceptors (Lipinski definition) is 4. The molecule has 0 heterocycles. The monoisotopic (exact) mass is 358 g/mol. The highest BCUT2D eigenvalue weighted by molar-refractivity contribution is 5.85. The number of carbonyl (C=O) groups excluding carboxylic acids is 1. The second kappa shape index (κ2) is 12.1. The number of ether oxygens (including phenoxy) is 2. The first-order chi connectivity index (χ1) is 11.0. The molecule has 0 spiro atoms. The number of aryl methyl sites for hydroxylation is 1. The summed E-state index contributed by atoms with van der Waals surface area (Å²) in [5, 5.41) is 2.91. The van der Waals surface area contributed by atoms with Gasteiger partial charge in [0, 0.05) is 32.2 Å². The smallest absolute Gasteiger partial charge is 0.237 e. The van der Waals surface area contributed by atoms with E-state index in [2.05, 4.69) is 5.32 Å². The van der Waals surface area contributed by atoms with Gasteiger partial charge in [-0.15, -0.1) is 12.4 Å². The van der Waals surface area contributed by atoms with Crippen LogP contribution >= 0.6 is 12.4 Å². The molecule has 5 nitrogen and oxygen atoms in total. The van der Waals surface area contributed by atoms with Crippen molar-refractivity contribution in [2.45, 2.75) is 46.2 Å². The highest BCUT2D eigenvalue weighted by atomic mass is 35.5. The molecule has 0 aliphatic heterocycles. The summed E-state index contributed by atoms with van der Waals surface area (Å²) in [5.74, 6) is 0.849. The molecule has 0 bridgehead atoms. The summed E-state index contributed by atoms with van der Waals surface area (Å²) in [6, 6.07) is 5.51. The van der Waals surface area contributed by atoms with E-state index in [1.165, 1.54) is 0 Å². The van der Waals surface area contributed by atoms with E-state index >= 15 is 0 Å². The molecule has 1 rings (SSSR count). The van der Waals surface area contributed by atoms with Gasteiger partial charge in [-0.25, -0.2) is 0 Å². The summed E-state index contributed by atoms with van der Waals surface area (Å²) in [7, 11) is 1.67. The van der Waals surface area contributed by atoms with Crippen LogP contribution in [0.25, 0.3) is 0 Å². The summed E-state index contributed by atoms with van der Waals surface area (Å²) in [4.78, 5) is 12.1. The number of benzene rings is 1.